The van der Waals surface area contributed by atoms with Crippen molar-refractivity contribution in [3.05, 3.63) is 0 Å². The van der Waals surface area contributed by atoms with Crippen molar-refractivity contribution in [2.45, 2.75) is 25.8 Å². The van der Waals surface area contributed by atoms with Crippen LogP contribution in [-0.4, -0.2) is 25.0 Å². The zero-order valence-electron chi connectivity index (χ0n) is 6.72. The monoisotopic (exact) mass is 178 g/mol. The Morgan fingerprint density at radius 3 is 2.73 bits per heavy atom. The molecule has 1 fully saturated rings. The Hall–Kier alpha value is -0.280. The quantitative estimate of drug-likeness (QED) is 0.653. The number of nitrogens with one attached hydrogen (secondary N) is 2. The van der Waals surface area contributed by atoms with Crippen LogP contribution >= 0.6 is 12.4 Å². The summed E-state index contributed by atoms with van der Waals surface area (Å²) < 4.78 is 0. The fraction of sp³-hybridized carbons (Fsp3) is 0.857. The third-order valence-electron chi connectivity index (χ3n) is 1.69. The number of carbonyl (C=O) groups excluding carboxylic acids is 1. The van der Waals surface area contributed by atoms with Gasteiger partial charge in [0.2, 0.25) is 5.91 Å². The van der Waals surface area contributed by atoms with Gasteiger partial charge in [-0.2, -0.15) is 0 Å². The summed E-state index contributed by atoms with van der Waals surface area (Å²) in [5.41, 5.74) is 0. The summed E-state index contributed by atoms with van der Waals surface area (Å²) in [5, 5.41) is 5.87. The fourth-order valence-electron chi connectivity index (χ4n) is 0.884. The summed E-state index contributed by atoms with van der Waals surface area (Å²) in [6.45, 7) is 3.84. The minimum Gasteiger partial charge on any atom is -0.355 e. The number of hydrogen-bond donors (Lipinski definition) is 2. The molecule has 66 valence electrons. The second kappa shape index (κ2) is 5.38. The van der Waals surface area contributed by atoms with E-state index < -0.39 is 0 Å². The highest BCUT2D eigenvalue weighted by molar-refractivity contribution is 5.85. The van der Waals surface area contributed by atoms with E-state index in [1.54, 1.807) is 0 Å². The van der Waals surface area contributed by atoms with E-state index in [4.69, 9.17) is 0 Å². The van der Waals surface area contributed by atoms with E-state index in [1.165, 1.54) is 0 Å². The number of rotatable bonds is 3. The van der Waals surface area contributed by atoms with E-state index in [1.807, 2.05) is 0 Å². The Bertz CT molecular complexity index is 126. The van der Waals surface area contributed by atoms with Crippen LogP contribution in [0.25, 0.3) is 0 Å². The van der Waals surface area contributed by atoms with Crippen molar-refractivity contribution in [1.82, 2.24) is 10.6 Å². The molecule has 1 atom stereocenters. The van der Waals surface area contributed by atoms with Crippen molar-refractivity contribution in [2.24, 2.45) is 0 Å². The summed E-state index contributed by atoms with van der Waals surface area (Å²) in [4.78, 5) is 11.0. The van der Waals surface area contributed by atoms with Gasteiger partial charge in [-0.25, -0.2) is 0 Å². The molecule has 0 radical (unpaired) electrons. The smallest absolute Gasteiger partial charge is 0.237 e. The molecule has 0 aromatic heterocycles. The third-order valence-corrected chi connectivity index (χ3v) is 1.69. The normalized spacial score (nSPS) is 21.4. The molecule has 3 nitrogen and oxygen atoms in total. The predicted molar refractivity (Wildman–Crippen MR) is 47.0 cm³/mol. The predicted octanol–water partition coefficient (Wildman–Crippen LogP) is 0.296. The molecular weight excluding hydrogens is 164 g/mol. The first-order chi connectivity index (χ1) is 4.84. The maximum atomic E-state index is 11.0. The molecule has 0 spiro atoms. The van der Waals surface area contributed by atoms with Gasteiger partial charge in [0, 0.05) is 6.54 Å². The standard InChI is InChI=1S/C7H14N2O.ClH/c1-2-4-9-7(10)6-3-5-8-6;/h6,8H,2-5H2,1H3,(H,9,10);1H/t6-;/m1./s1. The molecule has 4 heteroatoms. The van der Waals surface area contributed by atoms with Gasteiger partial charge in [0.05, 0.1) is 6.04 Å². The minimum atomic E-state index is 0. The Labute approximate surface area is 73.3 Å². The fourth-order valence-corrected chi connectivity index (χ4v) is 0.884. The van der Waals surface area contributed by atoms with Crippen LogP contribution in [0, 0.1) is 0 Å². The molecule has 1 rings (SSSR count). The number of halogens is 1. The molecule has 1 aliphatic rings. The van der Waals surface area contributed by atoms with E-state index in [0.29, 0.717) is 0 Å². The van der Waals surface area contributed by atoms with E-state index >= 15 is 0 Å². The van der Waals surface area contributed by atoms with Crippen LogP contribution in [0.2, 0.25) is 0 Å². The average molecular weight is 179 g/mol. The van der Waals surface area contributed by atoms with Gasteiger partial charge in [-0.1, -0.05) is 6.92 Å². The second-order valence-electron chi connectivity index (χ2n) is 2.59. The molecule has 0 saturated carbocycles. The van der Waals surface area contributed by atoms with E-state index in [0.717, 1.165) is 25.9 Å². The van der Waals surface area contributed by atoms with Crippen LogP contribution < -0.4 is 10.6 Å². The summed E-state index contributed by atoms with van der Waals surface area (Å²) in [6.07, 6.45) is 2.01. The van der Waals surface area contributed by atoms with Crippen LogP contribution in [0.15, 0.2) is 0 Å². The lowest BCUT2D eigenvalue weighted by molar-refractivity contribution is -0.124. The van der Waals surface area contributed by atoms with Gasteiger partial charge < -0.3 is 10.6 Å². The lowest BCUT2D eigenvalue weighted by Gasteiger charge is -2.26. The zero-order valence-corrected chi connectivity index (χ0v) is 7.54. The molecule has 0 bridgehead atoms. The van der Waals surface area contributed by atoms with Gasteiger partial charge in [-0.05, 0) is 19.4 Å². The van der Waals surface area contributed by atoms with Crippen molar-refractivity contribution >= 4 is 18.3 Å². The summed E-state index contributed by atoms with van der Waals surface area (Å²) in [6, 6.07) is 0.103. The first-order valence-electron chi connectivity index (χ1n) is 3.85. The van der Waals surface area contributed by atoms with E-state index in [-0.39, 0.29) is 24.4 Å². The molecule has 0 aromatic carbocycles. The largest absolute Gasteiger partial charge is 0.355 e. The maximum absolute atomic E-state index is 11.0. The third kappa shape index (κ3) is 3.08. The van der Waals surface area contributed by atoms with Gasteiger partial charge in [-0.15, -0.1) is 12.4 Å². The van der Waals surface area contributed by atoms with E-state index in [2.05, 4.69) is 17.6 Å². The summed E-state index contributed by atoms with van der Waals surface area (Å²) in [7, 11) is 0. The van der Waals surface area contributed by atoms with Crippen molar-refractivity contribution in [2.75, 3.05) is 13.1 Å². The van der Waals surface area contributed by atoms with Crippen LogP contribution in [-0.2, 0) is 4.79 Å². The van der Waals surface area contributed by atoms with Crippen molar-refractivity contribution in [3.8, 4) is 0 Å². The molecular formula is C7H15ClN2O. The second-order valence-corrected chi connectivity index (χ2v) is 2.59. The van der Waals surface area contributed by atoms with Gasteiger partial charge in [0.25, 0.3) is 0 Å². The van der Waals surface area contributed by atoms with E-state index in [9.17, 15) is 4.79 Å². The van der Waals surface area contributed by atoms with Gasteiger partial charge >= 0.3 is 0 Å². The highest BCUT2D eigenvalue weighted by Crippen LogP contribution is 2.00. The van der Waals surface area contributed by atoms with Crippen molar-refractivity contribution in [1.29, 1.82) is 0 Å². The SMILES string of the molecule is CCCNC(=O)[C@H]1CCN1.Cl. The van der Waals surface area contributed by atoms with Gasteiger partial charge in [0.1, 0.15) is 0 Å². The Balaban J connectivity index is 0.000001000. The highest BCUT2D eigenvalue weighted by atomic mass is 35.5. The van der Waals surface area contributed by atoms with Crippen LogP contribution in [0.5, 0.6) is 0 Å². The maximum Gasteiger partial charge on any atom is 0.237 e. The van der Waals surface area contributed by atoms with Crippen molar-refractivity contribution < 1.29 is 4.79 Å². The topological polar surface area (TPSA) is 41.1 Å². The van der Waals surface area contributed by atoms with Gasteiger partial charge in [-0.3, -0.25) is 4.79 Å². The molecule has 1 saturated heterocycles. The number of carbonyl (C=O) groups is 1. The number of amides is 1. The van der Waals surface area contributed by atoms with Crippen LogP contribution in [0.1, 0.15) is 19.8 Å². The molecule has 1 aliphatic heterocycles. The van der Waals surface area contributed by atoms with Crippen LogP contribution in [0.3, 0.4) is 0 Å². The summed E-state index contributed by atoms with van der Waals surface area (Å²) in [5.74, 6) is 0.160. The van der Waals surface area contributed by atoms with Crippen LogP contribution in [0.4, 0.5) is 0 Å². The molecule has 0 aromatic rings. The molecule has 0 unspecified atom stereocenters. The Kier molecular flexibility index (Phi) is 5.24. The Morgan fingerprint density at radius 1 is 1.73 bits per heavy atom. The lowest BCUT2D eigenvalue weighted by Crippen LogP contribution is -2.53. The zero-order chi connectivity index (χ0) is 7.40. The molecule has 0 aliphatic carbocycles. The van der Waals surface area contributed by atoms with Gasteiger partial charge in [0.15, 0.2) is 0 Å². The summed E-state index contributed by atoms with van der Waals surface area (Å²) >= 11 is 0. The molecule has 1 heterocycles. The minimum absolute atomic E-state index is 0. The lowest BCUT2D eigenvalue weighted by atomic mass is 10.1. The molecule has 11 heavy (non-hydrogen) atoms. The molecule has 1 amide bonds. The first kappa shape index (κ1) is 10.7. The van der Waals surface area contributed by atoms with Crippen molar-refractivity contribution in [3.63, 3.8) is 0 Å². The average Bonchev–Trinajstić information content (AvgIpc) is 1.79. The Morgan fingerprint density at radius 2 is 2.36 bits per heavy atom. The first-order valence-corrected chi connectivity index (χ1v) is 3.85. The molecule has 2 N–H and O–H groups in total. The number of hydrogen-bond acceptors (Lipinski definition) is 2. The highest BCUT2D eigenvalue weighted by Gasteiger charge is 2.23.